The summed E-state index contributed by atoms with van der Waals surface area (Å²) in [6, 6.07) is 9.02. The molecule has 22 heavy (non-hydrogen) atoms. The highest BCUT2D eigenvalue weighted by atomic mass is 16.1. The van der Waals surface area contributed by atoms with Crippen LogP contribution in [0.4, 0.5) is 5.82 Å². The lowest BCUT2D eigenvalue weighted by molar-refractivity contribution is 0.604. The molecule has 0 aliphatic rings. The van der Waals surface area contributed by atoms with Crippen LogP contribution in [0.1, 0.15) is 12.8 Å². The van der Waals surface area contributed by atoms with E-state index in [4.69, 9.17) is 0 Å². The van der Waals surface area contributed by atoms with E-state index in [9.17, 15) is 4.79 Å². The van der Waals surface area contributed by atoms with Gasteiger partial charge in [0.25, 0.3) is 0 Å². The predicted molar refractivity (Wildman–Crippen MR) is 85.8 cm³/mol. The van der Waals surface area contributed by atoms with Gasteiger partial charge >= 0.3 is 0 Å². The normalized spacial score (nSPS) is 10.7. The molecule has 3 aromatic heterocycles. The van der Waals surface area contributed by atoms with Crippen LogP contribution in [0.5, 0.6) is 0 Å². The Morgan fingerprint density at radius 3 is 2.86 bits per heavy atom. The van der Waals surface area contributed by atoms with E-state index in [0.29, 0.717) is 5.65 Å². The van der Waals surface area contributed by atoms with E-state index in [0.717, 1.165) is 37.3 Å². The molecule has 3 rings (SSSR count). The topological polar surface area (TPSA) is 72.7 Å². The molecule has 6 heteroatoms. The minimum Gasteiger partial charge on any atom is -0.370 e. The van der Waals surface area contributed by atoms with E-state index in [1.54, 1.807) is 29.1 Å². The average Bonchev–Trinajstić information content (AvgIpc) is 2.56. The van der Waals surface area contributed by atoms with E-state index in [-0.39, 0.29) is 5.56 Å². The summed E-state index contributed by atoms with van der Waals surface area (Å²) < 4.78 is 1.73. The van der Waals surface area contributed by atoms with Gasteiger partial charge in [-0.15, -0.1) is 0 Å². The highest BCUT2D eigenvalue weighted by Crippen LogP contribution is 2.10. The zero-order valence-corrected chi connectivity index (χ0v) is 12.1. The molecule has 3 heterocycles. The molecule has 0 saturated heterocycles. The van der Waals surface area contributed by atoms with Gasteiger partial charge in [-0.2, -0.15) is 0 Å². The lowest BCUT2D eigenvalue weighted by Crippen LogP contribution is -2.18. The quantitative estimate of drug-likeness (QED) is 0.705. The molecule has 1 N–H and O–H groups in total. The molecule has 0 fully saturated rings. The SMILES string of the molecule is O=c1ccccn1CCCCNc1ccc2nccnc2n1. The fourth-order valence-corrected chi connectivity index (χ4v) is 2.22. The Bertz CT molecular complexity index is 814. The number of unbranched alkanes of at least 4 members (excludes halogenated alkanes) is 1. The lowest BCUT2D eigenvalue weighted by Gasteiger charge is -2.07. The van der Waals surface area contributed by atoms with Crippen LogP contribution in [0.15, 0.2) is 53.7 Å². The molecule has 0 aliphatic carbocycles. The van der Waals surface area contributed by atoms with Gasteiger partial charge in [0.1, 0.15) is 11.3 Å². The summed E-state index contributed by atoms with van der Waals surface area (Å²) in [5, 5.41) is 3.27. The Labute approximate surface area is 127 Å². The van der Waals surface area contributed by atoms with Crippen molar-refractivity contribution in [2.75, 3.05) is 11.9 Å². The third-order valence-electron chi connectivity index (χ3n) is 3.36. The van der Waals surface area contributed by atoms with Gasteiger partial charge in [-0.3, -0.25) is 9.78 Å². The molecule has 0 amide bonds. The summed E-state index contributed by atoms with van der Waals surface area (Å²) in [7, 11) is 0. The largest absolute Gasteiger partial charge is 0.370 e. The van der Waals surface area contributed by atoms with Crippen LogP contribution in [-0.4, -0.2) is 26.1 Å². The molecule has 0 spiro atoms. The minimum absolute atomic E-state index is 0.0465. The maximum Gasteiger partial charge on any atom is 0.250 e. The van der Waals surface area contributed by atoms with Gasteiger partial charge in [0.05, 0.1) is 0 Å². The molecular formula is C16H17N5O. The molecule has 0 aliphatic heterocycles. The number of nitrogens with one attached hydrogen (secondary N) is 1. The van der Waals surface area contributed by atoms with E-state index in [1.165, 1.54) is 0 Å². The summed E-state index contributed by atoms with van der Waals surface area (Å²) in [5.74, 6) is 0.796. The van der Waals surface area contributed by atoms with Gasteiger partial charge in [-0.25, -0.2) is 9.97 Å². The van der Waals surface area contributed by atoms with Gasteiger partial charge in [0.15, 0.2) is 5.65 Å². The Kier molecular flexibility index (Phi) is 4.38. The monoisotopic (exact) mass is 295 g/mol. The summed E-state index contributed by atoms with van der Waals surface area (Å²) in [5.41, 5.74) is 1.48. The summed E-state index contributed by atoms with van der Waals surface area (Å²) in [6.07, 6.45) is 7.00. The maximum atomic E-state index is 11.6. The fraction of sp³-hybridized carbons (Fsp3) is 0.250. The van der Waals surface area contributed by atoms with Crippen LogP contribution in [0.25, 0.3) is 11.2 Å². The van der Waals surface area contributed by atoms with E-state index in [1.807, 2.05) is 24.4 Å². The van der Waals surface area contributed by atoms with E-state index < -0.39 is 0 Å². The number of hydrogen-bond donors (Lipinski definition) is 1. The van der Waals surface area contributed by atoms with Gasteiger partial charge in [0.2, 0.25) is 5.56 Å². The summed E-state index contributed by atoms with van der Waals surface area (Å²) in [6.45, 7) is 1.54. The molecule has 0 aromatic carbocycles. The second-order valence-corrected chi connectivity index (χ2v) is 4.96. The van der Waals surface area contributed by atoms with Crippen LogP contribution >= 0.6 is 0 Å². The number of fused-ring (bicyclic) bond motifs is 1. The van der Waals surface area contributed by atoms with Gasteiger partial charge in [-0.05, 0) is 31.0 Å². The number of pyridine rings is 2. The van der Waals surface area contributed by atoms with Crippen LogP contribution in [-0.2, 0) is 6.54 Å². The highest BCUT2D eigenvalue weighted by molar-refractivity contribution is 5.71. The van der Waals surface area contributed by atoms with Crippen molar-refractivity contribution in [3.63, 3.8) is 0 Å². The first-order chi connectivity index (χ1) is 10.8. The maximum absolute atomic E-state index is 11.6. The summed E-state index contributed by atoms with van der Waals surface area (Å²) >= 11 is 0. The van der Waals surface area contributed by atoms with Gasteiger partial charge in [0, 0.05) is 37.7 Å². The predicted octanol–water partition coefficient (Wildman–Crippen LogP) is 2.08. The molecule has 6 nitrogen and oxygen atoms in total. The minimum atomic E-state index is 0.0465. The molecule has 112 valence electrons. The number of nitrogens with zero attached hydrogens (tertiary/aromatic N) is 4. The number of hydrogen-bond acceptors (Lipinski definition) is 5. The van der Waals surface area contributed by atoms with Crippen LogP contribution < -0.4 is 10.9 Å². The van der Waals surface area contributed by atoms with Crippen molar-refractivity contribution >= 4 is 17.0 Å². The smallest absolute Gasteiger partial charge is 0.250 e. The number of anilines is 1. The molecular weight excluding hydrogens is 278 g/mol. The summed E-state index contributed by atoms with van der Waals surface area (Å²) in [4.78, 5) is 24.3. The van der Waals surface area contributed by atoms with Crippen LogP contribution in [0.2, 0.25) is 0 Å². The van der Waals surface area contributed by atoms with Crippen molar-refractivity contribution in [2.45, 2.75) is 19.4 Å². The second kappa shape index (κ2) is 6.80. The third-order valence-corrected chi connectivity index (χ3v) is 3.36. The molecule has 3 aromatic rings. The zero-order valence-electron chi connectivity index (χ0n) is 12.1. The molecule has 0 bridgehead atoms. The van der Waals surface area contributed by atoms with Crippen molar-refractivity contribution < 1.29 is 0 Å². The molecule has 0 radical (unpaired) electrons. The number of aromatic nitrogens is 4. The van der Waals surface area contributed by atoms with Crippen molar-refractivity contribution in [3.8, 4) is 0 Å². The molecule has 0 saturated carbocycles. The Morgan fingerprint density at radius 2 is 1.95 bits per heavy atom. The third kappa shape index (κ3) is 3.46. The van der Waals surface area contributed by atoms with Gasteiger partial charge < -0.3 is 9.88 Å². The highest BCUT2D eigenvalue weighted by Gasteiger charge is 1.99. The first kappa shape index (κ1) is 14.2. The van der Waals surface area contributed by atoms with Crippen molar-refractivity contribution in [1.29, 1.82) is 0 Å². The molecule has 0 unspecified atom stereocenters. The first-order valence-corrected chi connectivity index (χ1v) is 7.30. The number of aryl methyl sites for hydroxylation is 1. The molecule has 0 atom stereocenters. The standard InChI is InChI=1S/C16H17N5O/c22-15-5-1-3-11-21(15)12-4-2-8-18-14-7-6-13-16(20-14)19-10-9-17-13/h1,3,5-7,9-11H,2,4,8,12H2,(H,18,19,20). The van der Waals surface area contributed by atoms with Crippen LogP contribution in [0, 0.1) is 0 Å². The Balaban J connectivity index is 1.48. The lowest BCUT2D eigenvalue weighted by atomic mass is 10.3. The zero-order chi connectivity index (χ0) is 15.2. The Hall–Kier alpha value is -2.76. The fourth-order valence-electron chi connectivity index (χ4n) is 2.22. The Morgan fingerprint density at radius 1 is 1.05 bits per heavy atom. The van der Waals surface area contributed by atoms with Crippen molar-refractivity contribution in [1.82, 2.24) is 19.5 Å². The number of rotatable bonds is 6. The van der Waals surface area contributed by atoms with E-state index in [2.05, 4.69) is 20.3 Å². The van der Waals surface area contributed by atoms with E-state index >= 15 is 0 Å². The van der Waals surface area contributed by atoms with Crippen molar-refractivity contribution in [2.24, 2.45) is 0 Å². The van der Waals surface area contributed by atoms with Crippen molar-refractivity contribution in [3.05, 3.63) is 59.3 Å². The van der Waals surface area contributed by atoms with Crippen LogP contribution in [0.3, 0.4) is 0 Å². The first-order valence-electron chi connectivity index (χ1n) is 7.30. The average molecular weight is 295 g/mol. The second-order valence-electron chi connectivity index (χ2n) is 4.96. The van der Waals surface area contributed by atoms with Gasteiger partial charge in [-0.1, -0.05) is 6.07 Å².